The minimum atomic E-state index is 0.473. The highest BCUT2D eigenvalue weighted by molar-refractivity contribution is 5.46. The predicted octanol–water partition coefficient (Wildman–Crippen LogP) is 3.45. The Morgan fingerprint density at radius 3 is 1.94 bits per heavy atom. The number of rotatable bonds is 6. The van der Waals surface area contributed by atoms with E-state index >= 15 is 0 Å². The molecule has 0 radical (unpaired) electrons. The molecule has 1 unspecified atom stereocenters. The summed E-state index contributed by atoms with van der Waals surface area (Å²) in [7, 11) is 6.21. The van der Waals surface area contributed by atoms with Crippen LogP contribution < -0.4 is 10.2 Å². The van der Waals surface area contributed by atoms with Crippen LogP contribution in [-0.4, -0.2) is 21.1 Å². The summed E-state index contributed by atoms with van der Waals surface area (Å²) in [5, 5.41) is 3.46. The lowest BCUT2D eigenvalue weighted by Crippen LogP contribution is -2.24. The molecule has 96 valence electrons. The van der Waals surface area contributed by atoms with Crippen LogP contribution in [0.3, 0.4) is 0 Å². The monoisotopic (exact) mass is 234 g/mol. The largest absolute Gasteiger partial charge is 0.378 e. The Hall–Kier alpha value is -1.02. The van der Waals surface area contributed by atoms with E-state index in [0.29, 0.717) is 12.0 Å². The minimum absolute atomic E-state index is 0.473. The van der Waals surface area contributed by atoms with Crippen LogP contribution in [0.25, 0.3) is 0 Å². The van der Waals surface area contributed by atoms with Crippen molar-refractivity contribution in [1.29, 1.82) is 0 Å². The van der Waals surface area contributed by atoms with Gasteiger partial charge < -0.3 is 10.2 Å². The summed E-state index contributed by atoms with van der Waals surface area (Å²) in [5.41, 5.74) is 2.65. The molecule has 1 aromatic carbocycles. The molecule has 2 nitrogen and oxygen atoms in total. The van der Waals surface area contributed by atoms with Crippen LogP contribution in [0.2, 0.25) is 0 Å². The van der Waals surface area contributed by atoms with E-state index in [1.54, 1.807) is 0 Å². The van der Waals surface area contributed by atoms with E-state index in [4.69, 9.17) is 0 Å². The maximum atomic E-state index is 3.46. The summed E-state index contributed by atoms with van der Waals surface area (Å²) in [6.45, 7) is 4.54. The molecule has 1 rings (SSSR count). The lowest BCUT2D eigenvalue weighted by Gasteiger charge is -2.26. The van der Waals surface area contributed by atoms with E-state index in [0.717, 1.165) is 0 Å². The van der Waals surface area contributed by atoms with E-state index < -0.39 is 0 Å². The van der Waals surface area contributed by atoms with E-state index in [2.05, 4.69) is 69.5 Å². The zero-order valence-corrected chi connectivity index (χ0v) is 11.8. The molecule has 0 aliphatic rings. The Balaban J connectivity index is 2.89. The fourth-order valence-corrected chi connectivity index (χ4v) is 2.41. The quantitative estimate of drug-likeness (QED) is 0.811. The zero-order valence-electron chi connectivity index (χ0n) is 11.8. The second-order valence-electron chi connectivity index (χ2n) is 4.83. The number of nitrogens with zero attached hydrogens (tertiary/aromatic N) is 1. The van der Waals surface area contributed by atoms with Gasteiger partial charge in [0.15, 0.2) is 0 Å². The fraction of sp³-hybridized carbons (Fsp3) is 0.600. The first-order chi connectivity index (χ1) is 8.13. The molecule has 17 heavy (non-hydrogen) atoms. The van der Waals surface area contributed by atoms with Gasteiger partial charge in [-0.3, -0.25) is 0 Å². The second kappa shape index (κ2) is 6.65. The van der Waals surface area contributed by atoms with E-state index in [1.807, 2.05) is 0 Å². The molecular formula is C15H26N2. The molecule has 0 heterocycles. The summed E-state index contributed by atoms with van der Waals surface area (Å²) in [6.07, 6.45) is 2.44. The number of nitrogens with one attached hydrogen (secondary N) is 1. The van der Waals surface area contributed by atoms with Crippen molar-refractivity contribution in [3.05, 3.63) is 29.8 Å². The Kier molecular flexibility index (Phi) is 5.49. The van der Waals surface area contributed by atoms with Gasteiger partial charge in [0.05, 0.1) is 0 Å². The molecule has 1 N–H and O–H groups in total. The topological polar surface area (TPSA) is 15.3 Å². The van der Waals surface area contributed by atoms with Crippen LogP contribution in [0, 0.1) is 5.92 Å². The Bertz CT molecular complexity index is 312. The third-order valence-corrected chi connectivity index (χ3v) is 3.60. The molecule has 0 aromatic heterocycles. The first-order valence-electron chi connectivity index (χ1n) is 6.58. The lowest BCUT2D eigenvalue weighted by molar-refractivity contribution is 0.359. The van der Waals surface area contributed by atoms with Crippen molar-refractivity contribution in [3.63, 3.8) is 0 Å². The van der Waals surface area contributed by atoms with Crippen molar-refractivity contribution < 1.29 is 0 Å². The molecule has 1 atom stereocenters. The van der Waals surface area contributed by atoms with Crippen LogP contribution >= 0.6 is 0 Å². The highest BCUT2D eigenvalue weighted by Crippen LogP contribution is 2.28. The summed E-state index contributed by atoms with van der Waals surface area (Å²) < 4.78 is 0. The van der Waals surface area contributed by atoms with Crippen molar-refractivity contribution in [2.45, 2.75) is 32.7 Å². The molecule has 0 saturated carbocycles. The highest BCUT2D eigenvalue weighted by Gasteiger charge is 2.18. The molecule has 0 fully saturated rings. The van der Waals surface area contributed by atoms with Crippen LogP contribution in [0.1, 0.15) is 38.3 Å². The van der Waals surface area contributed by atoms with Gasteiger partial charge in [-0.25, -0.2) is 0 Å². The number of benzene rings is 1. The standard InChI is InChI=1S/C15H26N2/c1-6-12(7-2)15(16-3)13-8-10-14(11-9-13)17(4)5/h8-12,15-16H,6-7H2,1-5H3. The molecule has 0 bridgehead atoms. The van der Waals surface area contributed by atoms with Gasteiger partial charge in [0.25, 0.3) is 0 Å². The Labute approximate surface area is 106 Å². The lowest BCUT2D eigenvalue weighted by atomic mass is 9.89. The second-order valence-corrected chi connectivity index (χ2v) is 4.83. The van der Waals surface area contributed by atoms with Gasteiger partial charge in [0.1, 0.15) is 0 Å². The number of hydrogen-bond donors (Lipinski definition) is 1. The molecular weight excluding hydrogens is 208 g/mol. The van der Waals surface area contributed by atoms with Gasteiger partial charge in [-0.1, -0.05) is 38.8 Å². The van der Waals surface area contributed by atoms with Gasteiger partial charge in [0, 0.05) is 25.8 Å². The van der Waals surface area contributed by atoms with E-state index in [-0.39, 0.29) is 0 Å². The van der Waals surface area contributed by atoms with Gasteiger partial charge in [0.2, 0.25) is 0 Å². The summed E-state index contributed by atoms with van der Waals surface area (Å²) in [5.74, 6) is 0.713. The molecule has 1 aromatic rings. The van der Waals surface area contributed by atoms with Crippen molar-refractivity contribution in [3.8, 4) is 0 Å². The maximum absolute atomic E-state index is 3.46. The molecule has 0 aliphatic heterocycles. The van der Waals surface area contributed by atoms with Crippen LogP contribution in [0.4, 0.5) is 5.69 Å². The molecule has 0 spiro atoms. The molecule has 2 heteroatoms. The summed E-state index contributed by atoms with van der Waals surface area (Å²) in [6, 6.07) is 9.36. The third-order valence-electron chi connectivity index (χ3n) is 3.60. The average molecular weight is 234 g/mol. The molecule has 0 amide bonds. The first-order valence-corrected chi connectivity index (χ1v) is 6.58. The summed E-state index contributed by atoms with van der Waals surface area (Å²) >= 11 is 0. The maximum Gasteiger partial charge on any atom is 0.0361 e. The smallest absolute Gasteiger partial charge is 0.0361 e. The molecule has 0 saturated heterocycles. The number of hydrogen-bond acceptors (Lipinski definition) is 2. The van der Waals surface area contributed by atoms with Gasteiger partial charge in [-0.05, 0) is 30.7 Å². The third kappa shape index (κ3) is 3.47. The van der Waals surface area contributed by atoms with Crippen LogP contribution in [0.15, 0.2) is 24.3 Å². The Morgan fingerprint density at radius 2 is 1.59 bits per heavy atom. The van der Waals surface area contributed by atoms with Gasteiger partial charge >= 0.3 is 0 Å². The number of anilines is 1. The predicted molar refractivity (Wildman–Crippen MR) is 76.6 cm³/mol. The van der Waals surface area contributed by atoms with Crippen molar-refractivity contribution in [1.82, 2.24) is 5.32 Å². The summed E-state index contributed by atoms with van der Waals surface area (Å²) in [4.78, 5) is 2.13. The molecule has 0 aliphatic carbocycles. The fourth-order valence-electron chi connectivity index (χ4n) is 2.41. The van der Waals surface area contributed by atoms with Crippen LogP contribution in [0.5, 0.6) is 0 Å². The van der Waals surface area contributed by atoms with Crippen molar-refractivity contribution in [2.24, 2.45) is 5.92 Å². The zero-order chi connectivity index (χ0) is 12.8. The minimum Gasteiger partial charge on any atom is -0.378 e. The van der Waals surface area contributed by atoms with Gasteiger partial charge in [-0.2, -0.15) is 0 Å². The Morgan fingerprint density at radius 1 is 1.06 bits per heavy atom. The van der Waals surface area contributed by atoms with Gasteiger partial charge in [-0.15, -0.1) is 0 Å². The van der Waals surface area contributed by atoms with E-state index in [9.17, 15) is 0 Å². The van der Waals surface area contributed by atoms with Crippen LogP contribution in [-0.2, 0) is 0 Å². The normalized spacial score (nSPS) is 12.8. The average Bonchev–Trinajstić information content (AvgIpc) is 2.36. The SMILES string of the molecule is CCC(CC)C(NC)c1ccc(N(C)C)cc1. The van der Waals surface area contributed by atoms with Crippen molar-refractivity contribution in [2.75, 3.05) is 26.0 Å². The first kappa shape index (κ1) is 14.0. The highest BCUT2D eigenvalue weighted by atomic mass is 15.1. The van der Waals surface area contributed by atoms with E-state index in [1.165, 1.54) is 24.1 Å². The van der Waals surface area contributed by atoms with Crippen molar-refractivity contribution >= 4 is 5.69 Å².